The lowest BCUT2D eigenvalue weighted by atomic mass is 10.1. The van der Waals surface area contributed by atoms with Gasteiger partial charge >= 0.3 is 0 Å². The second kappa shape index (κ2) is 9.85. The van der Waals surface area contributed by atoms with Crippen LogP contribution in [0.5, 0.6) is 0 Å². The predicted molar refractivity (Wildman–Crippen MR) is 113 cm³/mol. The Morgan fingerprint density at radius 2 is 1.71 bits per heavy atom. The van der Waals surface area contributed by atoms with Crippen LogP contribution in [0.3, 0.4) is 0 Å². The Balaban J connectivity index is 2.11. The van der Waals surface area contributed by atoms with Gasteiger partial charge in [0.05, 0.1) is 4.90 Å². The monoisotopic (exact) mass is 409 g/mol. The van der Waals surface area contributed by atoms with Crippen LogP contribution in [0.1, 0.15) is 62.9 Å². The Labute approximate surface area is 170 Å². The van der Waals surface area contributed by atoms with Gasteiger partial charge in [0.1, 0.15) is 0 Å². The molecule has 2 rings (SSSR count). The average Bonchev–Trinajstić information content (AvgIpc) is 2.65. The summed E-state index contributed by atoms with van der Waals surface area (Å²) in [6, 6.07) is 5.65. The molecule has 1 heterocycles. The number of amides is 1. The van der Waals surface area contributed by atoms with E-state index in [2.05, 4.69) is 37.9 Å². The van der Waals surface area contributed by atoms with Gasteiger partial charge in [0.15, 0.2) is 0 Å². The van der Waals surface area contributed by atoms with Crippen LogP contribution in [0.25, 0.3) is 0 Å². The molecule has 1 fully saturated rings. The van der Waals surface area contributed by atoms with E-state index in [0.717, 1.165) is 31.4 Å². The van der Waals surface area contributed by atoms with Crippen molar-refractivity contribution in [1.82, 2.24) is 14.5 Å². The SMILES string of the molecule is Cc1ccc(S(=O)(=O)N2CCCCC2)cc1C(=O)NCCN(C(C)C)C(C)C. The molecular formula is C21H35N3O3S. The number of rotatable bonds is 8. The van der Waals surface area contributed by atoms with Crippen LogP contribution in [0.4, 0.5) is 0 Å². The molecule has 1 saturated heterocycles. The van der Waals surface area contributed by atoms with Gasteiger partial charge in [-0.1, -0.05) is 12.5 Å². The number of nitrogens with zero attached hydrogens (tertiary/aromatic N) is 2. The van der Waals surface area contributed by atoms with Crippen molar-refractivity contribution in [2.45, 2.75) is 70.9 Å². The third-order valence-electron chi connectivity index (χ3n) is 5.39. The van der Waals surface area contributed by atoms with E-state index < -0.39 is 10.0 Å². The maximum atomic E-state index is 12.9. The van der Waals surface area contributed by atoms with Crippen LogP contribution in [0.15, 0.2) is 23.1 Å². The number of nitrogens with one attached hydrogen (secondary N) is 1. The van der Waals surface area contributed by atoms with Gasteiger partial charge in [-0.2, -0.15) is 4.31 Å². The highest BCUT2D eigenvalue weighted by atomic mass is 32.2. The van der Waals surface area contributed by atoms with Crippen molar-refractivity contribution in [3.63, 3.8) is 0 Å². The summed E-state index contributed by atoms with van der Waals surface area (Å²) in [5.41, 5.74) is 1.21. The molecule has 1 aliphatic rings. The molecule has 6 nitrogen and oxygen atoms in total. The standard InChI is InChI=1S/C21H35N3O3S/c1-16(2)24(17(3)4)14-11-22-21(25)20-15-19(10-9-18(20)5)28(26,27)23-12-7-6-8-13-23/h9-10,15-17H,6-8,11-14H2,1-5H3,(H,22,25). The first-order valence-electron chi connectivity index (χ1n) is 10.3. The van der Waals surface area contributed by atoms with Gasteiger partial charge in [-0.15, -0.1) is 0 Å². The maximum Gasteiger partial charge on any atom is 0.251 e. The third kappa shape index (κ3) is 5.55. The van der Waals surface area contributed by atoms with Crippen molar-refractivity contribution >= 4 is 15.9 Å². The molecule has 0 spiro atoms. The number of hydrogen-bond acceptors (Lipinski definition) is 4. The van der Waals surface area contributed by atoms with Crippen LogP contribution >= 0.6 is 0 Å². The number of aryl methyl sites for hydroxylation is 1. The Morgan fingerprint density at radius 1 is 1.11 bits per heavy atom. The third-order valence-corrected chi connectivity index (χ3v) is 7.28. The lowest BCUT2D eigenvalue weighted by molar-refractivity contribution is 0.0938. The molecule has 1 aliphatic heterocycles. The van der Waals surface area contributed by atoms with E-state index in [1.807, 2.05) is 6.92 Å². The summed E-state index contributed by atoms with van der Waals surface area (Å²) in [6.45, 7) is 12.8. The summed E-state index contributed by atoms with van der Waals surface area (Å²) in [7, 11) is -3.55. The van der Waals surface area contributed by atoms with Gasteiger partial charge in [-0.25, -0.2) is 8.42 Å². The van der Waals surface area contributed by atoms with E-state index in [1.54, 1.807) is 12.1 Å². The summed E-state index contributed by atoms with van der Waals surface area (Å²) in [5, 5.41) is 2.95. The fourth-order valence-corrected chi connectivity index (χ4v) is 5.31. The summed E-state index contributed by atoms with van der Waals surface area (Å²) in [4.78, 5) is 15.2. The van der Waals surface area contributed by atoms with Crippen LogP contribution in [-0.2, 0) is 10.0 Å². The normalized spacial score (nSPS) is 16.1. The van der Waals surface area contributed by atoms with Gasteiger partial charge in [0, 0.05) is 43.8 Å². The zero-order valence-corrected chi connectivity index (χ0v) is 18.7. The van der Waals surface area contributed by atoms with Crippen LogP contribution in [-0.4, -0.2) is 61.8 Å². The molecule has 1 amide bonds. The minimum atomic E-state index is -3.55. The topological polar surface area (TPSA) is 69.7 Å². The highest BCUT2D eigenvalue weighted by Gasteiger charge is 2.27. The Morgan fingerprint density at radius 3 is 2.29 bits per heavy atom. The molecule has 158 valence electrons. The first-order valence-corrected chi connectivity index (χ1v) is 11.7. The molecule has 1 N–H and O–H groups in total. The van der Waals surface area contributed by atoms with E-state index in [9.17, 15) is 13.2 Å². The highest BCUT2D eigenvalue weighted by molar-refractivity contribution is 7.89. The van der Waals surface area contributed by atoms with Gasteiger partial charge < -0.3 is 5.32 Å². The van der Waals surface area contributed by atoms with E-state index in [4.69, 9.17) is 0 Å². The molecule has 0 aliphatic carbocycles. The average molecular weight is 410 g/mol. The molecule has 28 heavy (non-hydrogen) atoms. The summed E-state index contributed by atoms with van der Waals surface area (Å²) < 4.78 is 27.4. The molecule has 1 aromatic rings. The second-order valence-corrected chi connectivity index (χ2v) is 10.1. The van der Waals surface area contributed by atoms with Crippen molar-refractivity contribution in [2.24, 2.45) is 0 Å². The Kier molecular flexibility index (Phi) is 8.04. The fourth-order valence-electron chi connectivity index (χ4n) is 3.77. The zero-order valence-electron chi connectivity index (χ0n) is 17.9. The number of hydrogen-bond donors (Lipinski definition) is 1. The largest absolute Gasteiger partial charge is 0.351 e. The van der Waals surface area contributed by atoms with Crippen molar-refractivity contribution in [1.29, 1.82) is 0 Å². The summed E-state index contributed by atoms with van der Waals surface area (Å²) in [5.74, 6) is -0.222. The quantitative estimate of drug-likeness (QED) is 0.717. The lowest BCUT2D eigenvalue weighted by Gasteiger charge is -2.30. The van der Waals surface area contributed by atoms with E-state index >= 15 is 0 Å². The molecule has 0 aromatic heterocycles. The van der Waals surface area contributed by atoms with Gasteiger partial charge in [-0.3, -0.25) is 9.69 Å². The first kappa shape index (κ1) is 22.8. The lowest BCUT2D eigenvalue weighted by Crippen LogP contribution is -2.42. The minimum absolute atomic E-state index is 0.205. The molecule has 0 radical (unpaired) electrons. The summed E-state index contributed by atoms with van der Waals surface area (Å²) in [6.07, 6.45) is 2.85. The molecule has 0 unspecified atom stereocenters. The molecule has 7 heteroatoms. The number of carbonyl (C=O) groups excluding carboxylic acids is 1. The Hall–Kier alpha value is -1.44. The van der Waals surface area contributed by atoms with E-state index in [-0.39, 0.29) is 10.8 Å². The second-order valence-electron chi connectivity index (χ2n) is 8.12. The Bertz CT molecular complexity index is 761. The number of piperidine rings is 1. The molecule has 0 bridgehead atoms. The maximum absolute atomic E-state index is 12.9. The fraction of sp³-hybridized carbons (Fsp3) is 0.667. The predicted octanol–water partition coefficient (Wildman–Crippen LogP) is 3.02. The summed E-state index contributed by atoms with van der Waals surface area (Å²) >= 11 is 0. The molecule has 0 saturated carbocycles. The van der Waals surface area contributed by atoms with Crippen molar-refractivity contribution in [3.8, 4) is 0 Å². The molecule has 0 atom stereocenters. The van der Waals surface area contributed by atoms with Crippen LogP contribution < -0.4 is 5.32 Å². The van der Waals surface area contributed by atoms with Crippen molar-refractivity contribution in [2.75, 3.05) is 26.2 Å². The van der Waals surface area contributed by atoms with Gasteiger partial charge in [0.2, 0.25) is 10.0 Å². The number of benzene rings is 1. The number of sulfonamides is 1. The van der Waals surface area contributed by atoms with Crippen molar-refractivity contribution in [3.05, 3.63) is 29.3 Å². The van der Waals surface area contributed by atoms with E-state index in [1.165, 1.54) is 10.4 Å². The minimum Gasteiger partial charge on any atom is -0.351 e. The number of carbonyl (C=O) groups is 1. The molecule has 1 aromatic carbocycles. The van der Waals surface area contributed by atoms with E-state index in [0.29, 0.717) is 37.3 Å². The zero-order chi connectivity index (χ0) is 20.9. The van der Waals surface area contributed by atoms with Gasteiger partial charge in [-0.05, 0) is 65.2 Å². The van der Waals surface area contributed by atoms with Gasteiger partial charge in [0.25, 0.3) is 5.91 Å². The van der Waals surface area contributed by atoms with Crippen LogP contribution in [0, 0.1) is 6.92 Å². The smallest absolute Gasteiger partial charge is 0.251 e. The highest BCUT2D eigenvalue weighted by Crippen LogP contribution is 2.22. The van der Waals surface area contributed by atoms with Crippen LogP contribution in [0.2, 0.25) is 0 Å². The molecular weight excluding hydrogens is 374 g/mol. The van der Waals surface area contributed by atoms with Crippen molar-refractivity contribution < 1.29 is 13.2 Å². The first-order chi connectivity index (χ1) is 13.1.